The van der Waals surface area contributed by atoms with Crippen molar-refractivity contribution in [2.24, 2.45) is 0 Å². The van der Waals surface area contributed by atoms with Crippen LogP contribution in [0.15, 0.2) is 157 Å². The summed E-state index contributed by atoms with van der Waals surface area (Å²) in [7, 11) is 0. The number of allylic oxidation sites excluding steroid dienone is 11. The van der Waals surface area contributed by atoms with E-state index in [1.807, 2.05) is 0 Å². The lowest BCUT2D eigenvalue weighted by Gasteiger charge is -2.24. The van der Waals surface area contributed by atoms with E-state index in [4.69, 9.17) is 4.74 Å². The first-order chi connectivity index (χ1) is 25.3. The number of nitrogens with zero attached hydrogens (tertiary/aromatic N) is 2. The number of hydrogen-bond donors (Lipinski definition) is 0. The molecule has 5 aliphatic rings. The van der Waals surface area contributed by atoms with Gasteiger partial charge in [-0.3, -0.25) is 0 Å². The predicted molar refractivity (Wildman–Crippen MR) is 212 cm³/mol. The summed E-state index contributed by atoms with van der Waals surface area (Å²) in [5.41, 5.74) is 14.6. The Hall–Kier alpha value is -5.80. The molecule has 0 spiro atoms. The summed E-state index contributed by atoms with van der Waals surface area (Å²) in [5.74, 6) is 1.26. The number of fused-ring (bicyclic) bond motifs is 9. The molecule has 0 fully saturated rings. The van der Waals surface area contributed by atoms with Gasteiger partial charge in [-0.2, -0.15) is 0 Å². The second-order valence-corrected chi connectivity index (χ2v) is 14.6. The monoisotopic (exact) mass is 658 g/mol. The zero-order valence-electron chi connectivity index (χ0n) is 28.5. The van der Waals surface area contributed by atoms with E-state index in [2.05, 4.69) is 161 Å². The van der Waals surface area contributed by atoms with E-state index in [0.29, 0.717) is 6.04 Å². The van der Waals surface area contributed by atoms with Gasteiger partial charge in [0.15, 0.2) is 0 Å². The van der Waals surface area contributed by atoms with Crippen LogP contribution in [0.25, 0.3) is 50.0 Å². The van der Waals surface area contributed by atoms with Crippen LogP contribution in [0.4, 0.5) is 0 Å². The second kappa shape index (κ2) is 11.4. The molecule has 0 saturated carbocycles. The van der Waals surface area contributed by atoms with Crippen LogP contribution in [0, 0.1) is 0 Å². The van der Waals surface area contributed by atoms with Crippen molar-refractivity contribution in [3.63, 3.8) is 0 Å². The van der Waals surface area contributed by atoms with Gasteiger partial charge in [0.2, 0.25) is 0 Å². The Morgan fingerprint density at radius 3 is 2.39 bits per heavy atom. The fourth-order valence-electron chi connectivity index (χ4n) is 9.33. The van der Waals surface area contributed by atoms with Gasteiger partial charge >= 0.3 is 0 Å². The van der Waals surface area contributed by atoms with Crippen LogP contribution < -0.4 is 4.74 Å². The Balaban J connectivity index is 0.987. The summed E-state index contributed by atoms with van der Waals surface area (Å²) >= 11 is 0. The highest BCUT2D eigenvalue weighted by Crippen LogP contribution is 2.45. The normalized spacial score (nSPS) is 21.7. The van der Waals surface area contributed by atoms with Crippen molar-refractivity contribution in [2.75, 3.05) is 0 Å². The number of benzene rings is 4. The summed E-state index contributed by atoms with van der Waals surface area (Å²) in [5, 5.41) is 3.94. The Labute approximate surface area is 298 Å². The van der Waals surface area contributed by atoms with Crippen LogP contribution in [-0.2, 0) is 6.42 Å². The average Bonchev–Trinajstić information content (AvgIpc) is 3.85. The highest BCUT2D eigenvalue weighted by atomic mass is 16.5. The quantitative estimate of drug-likeness (QED) is 0.184. The van der Waals surface area contributed by atoms with Crippen LogP contribution in [0.1, 0.15) is 60.0 Å². The number of hydrogen-bond acceptors (Lipinski definition) is 1. The molecule has 0 bridgehead atoms. The molecule has 3 unspecified atom stereocenters. The summed E-state index contributed by atoms with van der Waals surface area (Å²) in [6.45, 7) is 0. The third kappa shape index (κ3) is 4.50. The molecule has 51 heavy (non-hydrogen) atoms. The summed E-state index contributed by atoms with van der Waals surface area (Å²) < 4.78 is 11.4. The Morgan fingerprint density at radius 2 is 1.51 bits per heavy atom. The zero-order valence-corrected chi connectivity index (χ0v) is 28.5. The summed E-state index contributed by atoms with van der Waals surface area (Å²) in [6.07, 6.45) is 30.8. The molecule has 3 atom stereocenters. The lowest BCUT2D eigenvalue weighted by Crippen LogP contribution is -2.15. The van der Waals surface area contributed by atoms with Gasteiger partial charge in [-0.1, -0.05) is 97.1 Å². The second-order valence-electron chi connectivity index (χ2n) is 14.6. The van der Waals surface area contributed by atoms with Crippen LogP contribution in [0.2, 0.25) is 0 Å². The maximum absolute atomic E-state index is 6.29. The molecule has 1 aliphatic heterocycles. The van der Waals surface area contributed by atoms with Crippen LogP contribution in [0.3, 0.4) is 0 Å². The highest BCUT2D eigenvalue weighted by Gasteiger charge is 2.32. The van der Waals surface area contributed by atoms with Crippen molar-refractivity contribution in [1.82, 2.24) is 9.13 Å². The molecule has 4 aromatic carbocycles. The van der Waals surface area contributed by atoms with Gasteiger partial charge < -0.3 is 13.9 Å². The Kier molecular flexibility index (Phi) is 6.46. The molecule has 4 aliphatic carbocycles. The molecule has 2 aromatic heterocycles. The smallest absolute Gasteiger partial charge is 0.128 e. The average molecular weight is 659 g/mol. The van der Waals surface area contributed by atoms with E-state index < -0.39 is 0 Å². The van der Waals surface area contributed by atoms with Gasteiger partial charge in [0.1, 0.15) is 11.9 Å². The van der Waals surface area contributed by atoms with Crippen LogP contribution in [0.5, 0.6) is 5.75 Å². The molecular weight excluding hydrogens is 621 g/mol. The SMILES string of the molecule is C1=CC2Oc3ccc(-n4c5ccccc5c5cc(C6=Cc7c(n(C8C=CC(C9=CCCC=C9)=CC8)c8ccccc78)CC6)ccc54)cc3C2C=C1. The fourth-order valence-corrected chi connectivity index (χ4v) is 9.33. The Morgan fingerprint density at radius 1 is 0.667 bits per heavy atom. The first-order valence-electron chi connectivity index (χ1n) is 18.6. The van der Waals surface area contributed by atoms with E-state index in [1.165, 1.54) is 77.5 Å². The van der Waals surface area contributed by atoms with Crippen molar-refractivity contribution < 1.29 is 4.74 Å². The van der Waals surface area contributed by atoms with E-state index in [0.717, 1.165) is 37.9 Å². The molecule has 0 N–H and O–H groups in total. The fraction of sp³-hybridized carbons (Fsp3) is 0.167. The van der Waals surface area contributed by atoms with Gasteiger partial charge in [0, 0.05) is 50.1 Å². The highest BCUT2D eigenvalue weighted by molar-refractivity contribution is 6.10. The van der Waals surface area contributed by atoms with Crippen molar-refractivity contribution in [3.05, 3.63) is 179 Å². The van der Waals surface area contributed by atoms with E-state index in [1.54, 1.807) is 0 Å². The van der Waals surface area contributed by atoms with Gasteiger partial charge in [-0.15, -0.1) is 0 Å². The number of para-hydroxylation sites is 2. The molecule has 3 heteroatoms. The standard InChI is InChI=1S/C48H38N2O/c1-2-10-31(11-3-1)32-18-22-35(23-19-32)49-43-15-7-4-12-37(43)40-28-33(20-25-45(40)49)34-21-26-46-41(29-34)38-13-5-8-16-44(38)50(46)36-24-27-48-42(30-36)39-14-6-9-17-47(39)51-48/h2,4-19,21-22,24,26-30,35,39,47H,1,3,20,23,25H2. The summed E-state index contributed by atoms with van der Waals surface area (Å²) in [4.78, 5) is 0. The van der Waals surface area contributed by atoms with Gasteiger partial charge in [0.25, 0.3) is 0 Å². The van der Waals surface area contributed by atoms with Crippen molar-refractivity contribution in [3.8, 4) is 11.4 Å². The molecular formula is C48H38N2O. The minimum atomic E-state index is 0.0878. The van der Waals surface area contributed by atoms with E-state index in [-0.39, 0.29) is 12.0 Å². The van der Waals surface area contributed by atoms with Crippen molar-refractivity contribution >= 4 is 44.4 Å². The first-order valence-corrected chi connectivity index (χ1v) is 18.6. The van der Waals surface area contributed by atoms with E-state index in [9.17, 15) is 0 Å². The maximum atomic E-state index is 6.29. The number of ether oxygens (including phenoxy) is 1. The third-order valence-corrected chi connectivity index (χ3v) is 11.7. The van der Waals surface area contributed by atoms with Gasteiger partial charge in [-0.25, -0.2) is 0 Å². The molecule has 246 valence electrons. The molecule has 3 nitrogen and oxygen atoms in total. The molecule has 0 saturated heterocycles. The Bertz CT molecular complexity index is 2660. The topological polar surface area (TPSA) is 19.1 Å². The van der Waals surface area contributed by atoms with Crippen molar-refractivity contribution in [1.29, 1.82) is 0 Å². The first kappa shape index (κ1) is 29.0. The largest absolute Gasteiger partial charge is 0.485 e. The van der Waals surface area contributed by atoms with Crippen molar-refractivity contribution in [2.45, 2.75) is 50.2 Å². The number of aromatic nitrogens is 2. The van der Waals surface area contributed by atoms with Gasteiger partial charge in [-0.05, 0) is 109 Å². The third-order valence-electron chi connectivity index (χ3n) is 11.7. The van der Waals surface area contributed by atoms with E-state index >= 15 is 0 Å². The number of rotatable bonds is 4. The maximum Gasteiger partial charge on any atom is 0.128 e. The molecule has 11 rings (SSSR count). The van der Waals surface area contributed by atoms with Crippen LogP contribution in [-0.4, -0.2) is 15.2 Å². The zero-order chi connectivity index (χ0) is 33.5. The minimum Gasteiger partial charge on any atom is -0.485 e. The lowest BCUT2D eigenvalue weighted by molar-refractivity contribution is 0.269. The molecule has 0 radical (unpaired) electrons. The minimum absolute atomic E-state index is 0.0878. The molecule has 3 heterocycles. The molecule has 0 amide bonds. The lowest BCUT2D eigenvalue weighted by atomic mass is 9.90. The van der Waals surface area contributed by atoms with Crippen LogP contribution >= 0.6 is 0 Å². The summed E-state index contributed by atoms with van der Waals surface area (Å²) in [6, 6.07) is 32.0. The van der Waals surface area contributed by atoms with Gasteiger partial charge in [0.05, 0.1) is 17.1 Å². The predicted octanol–water partition coefficient (Wildman–Crippen LogP) is 11.9. The molecule has 6 aromatic rings.